The Morgan fingerprint density at radius 3 is 2.66 bits per heavy atom. The van der Waals surface area contributed by atoms with Gasteiger partial charge in [-0.1, -0.05) is 29.8 Å². The summed E-state index contributed by atoms with van der Waals surface area (Å²) in [7, 11) is 0. The molecule has 1 heterocycles. The molecule has 2 amide bonds. The summed E-state index contributed by atoms with van der Waals surface area (Å²) in [5.74, 6) is -1.94. The van der Waals surface area contributed by atoms with Crippen LogP contribution in [-0.4, -0.2) is 29.1 Å². The minimum atomic E-state index is -4.53. The average Bonchev–Trinajstić information content (AvgIpc) is 2.72. The van der Waals surface area contributed by atoms with Crippen molar-refractivity contribution in [2.24, 2.45) is 0 Å². The Kier molecular flexibility index (Phi) is 7.35. The van der Waals surface area contributed by atoms with Crippen molar-refractivity contribution in [3.63, 3.8) is 0 Å². The molecule has 0 saturated heterocycles. The van der Waals surface area contributed by atoms with Crippen LogP contribution in [-0.2, 0) is 31.8 Å². The molecule has 2 N–H and O–H groups in total. The molecule has 0 bridgehead atoms. The van der Waals surface area contributed by atoms with Crippen LogP contribution < -0.4 is 10.6 Å². The fourth-order valence-electron chi connectivity index (χ4n) is 2.88. The lowest BCUT2D eigenvalue weighted by Crippen LogP contribution is -2.37. The van der Waals surface area contributed by atoms with Crippen molar-refractivity contribution in [2.45, 2.75) is 42.3 Å². The van der Waals surface area contributed by atoms with Gasteiger partial charge in [-0.25, -0.2) is 0 Å². The van der Waals surface area contributed by atoms with Crippen LogP contribution in [0, 0.1) is 0 Å². The molecule has 3 rings (SSSR count). The van der Waals surface area contributed by atoms with Gasteiger partial charge < -0.3 is 15.4 Å². The van der Waals surface area contributed by atoms with Gasteiger partial charge in [-0.15, -0.1) is 11.8 Å². The van der Waals surface area contributed by atoms with Crippen LogP contribution in [0.3, 0.4) is 0 Å². The first-order valence-electron chi connectivity index (χ1n) is 9.44. The molecule has 6 nitrogen and oxygen atoms in total. The Morgan fingerprint density at radius 2 is 1.97 bits per heavy atom. The maximum Gasteiger partial charge on any atom is 0.416 e. The molecule has 0 spiro atoms. The standard InChI is InChI=1S/C21H18ClF3N2O4S/c1-11(19(29)26-10-12-4-2-3-5-14(12)22)31-18(28)9-17-20(30)27-15-8-13(21(23,24)25)6-7-16(15)32-17/h2-8,11,17H,9-10H2,1H3,(H,26,29)(H,27,30). The zero-order valence-electron chi connectivity index (χ0n) is 16.7. The van der Waals surface area contributed by atoms with Gasteiger partial charge in [0.15, 0.2) is 6.10 Å². The SMILES string of the molecule is CC(OC(=O)CC1Sc2ccc(C(F)(F)F)cc2NC1=O)C(=O)NCc1ccccc1Cl. The Balaban J connectivity index is 1.53. The number of hydrogen-bond acceptors (Lipinski definition) is 5. The molecular weight excluding hydrogens is 469 g/mol. The van der Waals surface area contributed by atoms with E-state index in [1.54, 1.807) is 24.3 Å². The lowest BCUT2D eigenvalue weighted by atomic mass is 10.1. The molecular formula is C21H18ClF3N2O4S. The monoisotopic (exact) mass is 486 g/mol. The number of amides is 2. The van der Waals surface area contributed by atoms with E-state index in [-0.39, 0.29) is 18.7 Å². The number of rotatable bonds is 6. The van der Waals surface area contributed by atoms with E-state index in [1.165, 1.54) is 13.0 Å². The van der Waals surface area contributed by atoms with Crippen LogP contribution in [0.5, 0.6) is 0 Å². The minimum Gasteiger partial charge on any atom is -0.453 e. The Labute approximate surface area is 190 Å². The Hall–Kier alpha value is -2.72. The highest BCUT2D eigenvalue weighted by molar-refractivity contribution is 8.01. The number of carbonyl (C=O) groups excluding carboxylic acids is 3. The van der Waals surface area contributed by atoms with Gasteiger partial charge >= 0.3 is 12.1 Å². The van der Waals surface area contributed by atoms with Crippen molar-refractivity contribution in [1.29, 1.82) is 0 Å². The van der Waals surface area contributed by atoms with Gasteiger partial charge in [0, 0.05) is 16.5 Å². The predicted octanol–water partition coefficient (Wildman–Crippen LogP) is 4.41. The molecule has 2 aromatic rings. The average molecular weight is 487 g/mol. The number of fused-ring (bicyclic) bond motifs is 1. The molecule has 2 atom stereocenters. The maximum atomic E-state index is 12.8. The zero-order valence-corrected chi connectivity index (χ0v) is 18.2. The van der Waals surface area contributed by atoms with Gasteiger partial charge in [-0.05, 0) is 36.8 Å². The van der Waals surface area contributed by atoms with E-state index >= 15 is 0 Å². The number of alkyl halides is 3. The van der Waals surface area contributed by atoms with Gasteiger partial charge in [0.1, 0.15) is 0 Å². The van der Waals surface area contributed by atoms with E-state index in [0.29, 0.717) is 15.5 Å². The second-order valence-corrected chi connectivity index (χ2v) is 8.60. The van der Waals surface area contributed by atoms with E-state index < -0.39 is 40.9 Å². The summed E-state index contributed by atoms with van der Waals surface area (Å²) in [6, 6.07) is 9.95. The fraction of sp³-hybridized carbons (Fsp3) is 0.286. The highest BCUT2D eigenvalue weighted by Crippen LogP contribution is 2.40. The van der Waals surface area contributed by atoms with Crippen LogP contribution in [0.1, 0.15) is 24.5 Å². The van der Waals surface area contributed by atoms with Crippen LogP contribution in [0.2, 0.25) is 5.02 Å². The first-order chi connectivity index (χ1) is 15.0. The topological polar surface area (TPSA) is 84.5 Å². The number of esters is 1. The molecule has 2 aromatic carbocycles. The minimum absolute atomic E-state index is 0.0340. The third-order valence-corrected chi connectivity index (χ3v) is 6.21. The van der Waals surface area contributed by atoms with Crippen molar-refractivity contribution in [1.82, 2.24) is 5.32 Å². The summed E-state index contributed by atoms with van der Waals surface area (Å²) in [5.41, 5.74) is -0.151. The molecule has 170 valence electrons. The molecule has 2 unspecified atom stereocenters. The number of nitrogens with one attached hydrogen (secondary N) is 2. The smallest absolute Gasteiger partial charge is 0.416 e. The fourth-order valence-corrected chi connectivity index (χ4v) is 4.16. The first-order valence-corrected chi connectivity index (χ1v) is 10.7. The van der Waals surface area contributed by atoms with Crippen molar-refractivity contribution in [3.05, 3.63) is 58.6 Å². The van der Waals surface area contributed by atoms with Crippen molar-refractivity contribution < 1.29 is 32.3 Å². The molecule has 1 aliphatic rings. The van der Waals surface area contributed by atoms with Gasteiger partial charge in [0.25, 0.3) is 5.91 Å². The van der Waals surface area contributed by atoms with Crippen LogP contribution in [0.4, 0.5) is 18.9 Å². The summed E-state index contributed by atoms with van der Waals surface area (Å²) < 4.78 is 43.6. The van der Waals surface area contributed by atoms with E-state index in [4.69, 9.17) is 16.3 Å². The lowest BCUT2D eigenvalue weighted by Gasteiger charge is -2.24. The normalized spacial score (nSPS) is 16.5. The van der Waals surface area contributed by atoms with Gasteiger partial charge in [-0.3, -0.25) is 14.4 Å². The summed E-state index contributed by atoms with van der Waals surface area (Å²) >= 11 is 6.99. The number of carbonyl (C=O) groups is 3. The largest absolute Gasteiger partial charge is 0.453 e. The number of thioether (sulfide) groups is 1. The predicted molar refractivity (Wildman–Crippen MR) is 113 cm³/mol. The maximum absolute atomic E-state index is 12.8. The Bertz CT molecular complexity index is 1050. The molecule has 11 heteroatoms. The summed E-state index contributed by atoms with van der Waals surface area (Å²) in [5, 5.41) is 4.59. The van der Waals surface area contributed by atoms with Crippen molar-refractivity contribution in [3.8, 4) is 0 Å². The van der Waals surface area contributed by atoms with Crippen LogP contribution >= 0.6 is 23.4 Å². The van der Waals surface area contributed by atoms with E-state index in [9.17, 15) is 27.6 Å². The second-order valence-electron chi connectivity index (χ2n) is 6.95. The highest BCUT2D eigenvalue weighted by atomic mass is 35.5. The first kappa shape index (κ1) is 23.9. The summed E-state index contributed by atoms with van der Waals surface area (Å²) in [4.78, 5) is 37.1. The van der Waals surface area contributed by atoms with E-state index in [0.717, 1.165) is 23.9 Å². The molecule has 0 fully saturated rings. The quantitative estimate of drug-likeness (QED) is 0.591. The number of benzene rings is 2. The second kappa shape index (κ2) is 9.83. The van der Waals surface area contributed by atoms with Gasteiger partial charge in [0.2, 0.25) is 5.91 Å². The lowest BCUT2D eigenvalue weighted by molar-refractivity contribution is -0.155. The number of ether oxygens (including phenoxy) is 1. The highest BCUT2D eigenvalue weighted by Gasteiger charge is 2.35. The molecule has 0 aromatic heterocycles. The van der Waals surface area contributed by atoms with Crippen molar-refractivity contribution in [2.75, 3.05) is 5.32 Å². The van der Waals surface area contributed by atoms with Crippen LogP contribution in [0.15, 0.2) is 47.4 Å². The molecule has 0 saturated carbocycles. The zero-order chi connectivity index (χ0) is 23.5. The molecule has 0 aliphatic carbocycles. The van der Waals surface area contributed by atoms with Gasteiger partial charge in [0.05, 0.1) is 22.9 Å². The van der Waals surface area contributed by atoms with Crippen LogP contribution in [0.25, 0.3) is 0 Å². The third kappa shape index (κ3) is 5.95. The van der Waals surface area contributed by atoms with Crippen molar-refractivity contribution >= 4 is 46.8 Å². The van der Waals surface area contributed by atoms with E-state index in [2.05, 4.69) is 10.6 Å². The number of hydrogen-bond donors (Lipinski definition) is 2. The number of anilines is 1. The van der Waals surface area contributed by atoms with E-state index in [1.807, 2.05) is 0 Å². The number of halogens is 4. The summed E-state index contributed by atoms with van der Waals surface area (Å²) in [6.45, 7) is 1.54. The van der Waals surface area contributed by atoms with Gasteiger partial charge in [-0.2, -0.15) is 13.2 Å². The summed E-state index contributed by atoms with van der Waals surface area (Å²) in [6.07, 6.45) is -5.99. The molecule has 0 radical (unpaired) electrons. The Morgan fingerprint density at radius 1 is 1.25 bits per heavy atom. The molecule has 32 heavy (non-hydrogen) atoms. The molecule has 1 aliphatic heterocycles. The third-order valence-electron chi connectivity index (χ3n) is 4.57.